The third kappa shape index (κ3) is 2.60. The van der Waals surface area contributed by atoms with Gasteiger partial charge in [0.25, 0.3) is 0 Å². The van der Waals surface area contributed by atoms with Gasteiger partial charge in [-0.2, -0.15) is 0 Å². The third-order valence-corrected chi connectivity index (χ3v) is 1.45. The van der Waals surface area contributed by atoms with Crippen LogP contribution in [0.3, 0.4) is 0 Å². The minimum absolute atomic E-state index is 0.347. The Morgan fingerprint density at radius 3 is 1.80 bits per heavy atom. The molecule has 0 aromatic rings. The van der Waals surface area contributed by atoms with Crippen LogP contribution in [0.5, 0.6) is 0 Å². The van der Waals surface area contributed by atoms with Gasteiger partial charge in [0.2, 0.25) is 6.43 Å². The zero-order valence-corrected chi connectivity index (χ0v) is 6.77. The fourth-order valence-electron chi connectivity index (χ4n) is 0.907. The highest BCUT2D eigenvalue weighted by atomic mass is 19.3. The summed E-state index contributed by atoms with van der Waals surface area (Å²) >= 11 is 0. The number of halogens is 2. The smallest absolute Gasteiger partial charge is 0.243 e. The maximum absolute atomic E-state index is 11.6. The quantitative estimate of drug-likeness (QED) is 0.552. The van der Waals surface area contributed by atoms with E-state index in [-0.39, 0.29) is 5.92 Å². The molecule has 0 saturated carbocycles. The monoisotopic (exact) mass is 151 g/mol. The molecule has 1 aliphatic rings. The normalized spacial score (nSPS) is 19.8. The average Bonchev–Trinajstić information content (AvgIpc) is 1.86. The molecule has 0 bridgehead atoms. The van der Waals surface area contributed by atoms with E-state index in [0.29, 0.717) is 13.1 Å². The van der Waals surface area contributed by atoms with E-state index < -0.39 is 6.43 Å². The first kappa shape index (κ1) is 9.82. The molecule has 0 radical (unpaired) electrons. The molecule has 0 N–H and O–H groups in total. The van der Waals surface area contributed by atoms with Crippen molar-refractivity contribution in [1.82, 2.24) is 4.90 Å². The van der Waals surface area contributed by atoms with Gasteiger partial charge in [-0.1, -0.05) is 13.8 Å². The van der Waals surface area contributed by atoms with E-state index in [1.807, 2.05) is 25.8 Å². The Hall–Kier alpha value is -0.180. The lowest BCUT2D eigenvalue weighted by molar-refractivity contribution is -0.0118. The van der Waals surface area contributed by atoms with E-state index in [1.165, 1.54) is 0 Å². The van der Waals surface area contributed by atoms with Crippen molar-refractivity contribution in [3.63, 3.8) is 0 Å². The van der Waals surface area contributed by atoms with Crippen molar-refractivity contribution < 1.29 is 8.78 Å². The van der Waals surface area contributed by atoms with E-state index in [2.05, 4.69) is 0 Å². The number of alkyl halides is 2. The van der Waals surface area contributed by atoms with Crippen LogP contribution in [0.4, 0.5) is 8.78 Å². The summed E-state index contributed by atoms with van der Waals surface area (Å²) in [6.45, 7) is 5.13. The Kier molecular flexibility index (Phi) is 4.52. The SMILES string of the molecule is CC.CN1CC(C(F)F)C1. The summed E-state index contributed by atoms with van der Waals surface area (Å²) < 4.78 is 23.3. The van der Waals surface area contributed by atoms with Crippen LogP contribution in [0.1, 0.15) is 13.8 Å². The van der Waals surface area contributed by atoms with E-state index in [4.69, 9.17) is 0 Å². The molecule has 62 valence electrons. The zero-order valence-electron chi connectivity index (χ0n) is 6.77. The molecule has 3 heteroatoms. The molecule has 0 amide bonds. The number of nitrogens with zero attached hydrogens (tertiary/aromatic N) is 1. The van der Waals surface area contributed by atoms with Crippen LogP contribution >= 0.6 is 0 Å². The van der Waals surface area contributed by atoms with Gasteiger partial charge in [-0.15, -0.1) is 0 Å². The largest absolute Gasteiger partial charge is 0.305 e. The number of likely N-dealkylation sites (tertiary alicyclic amines) is 1. The summed E-state index contributed by atoms with van der Waals surface area (Å²) in [6, 6.07) is 0. The van der Waals surface area contributed by atoms with Gasteiger partial charge < -0.3 is 4.90 Å². The van der Waals surface area contributed by atoms with Crippen LogP contribution in [0.25, 0.3) is 0 Å². The van der Waals surface area contributed by atoms with Crippen molar-refractivity contribution in [2.45, 2.75) is 20.3 Å². The Morgan fingerprint density at radius 2 is 1.70 bits per heavy atom. The molecule has 1 aliphatic heterocycles. The second-order valence-electron chi connectivity index (χ2n) is 2.32. The molecule has 0 aromatic heterocycles. The molecule has 1 fully saturated rings. The van der Waals surface area contributed by atoms with Gasteiger partial charge >= 0.3 is 0 Å². The Labute approximate surface area is 61.0 Å². The van der Waals surface area contributed by atoms with E-state index >= 15 is 0 Å². The van der Waals surface area contributed by atoms with Gasteiger partial charge in [0, 0.05) is 19.0 Å². The molecule has 0 spiro atoms. The fraction of sp³-hybridized carbons (Fsp3) is 1.00. The van der Waals surface area contributed by atoms with E-state index in [9.17, 15) is 8.78 Å². The lowest BCUT2D eigenvalue weighted by atomic mass is 10.0. The molecule has 1 heterocycles. The van der Waals surface area contributed by atoms with Crippen LogP contribution < -0.4 is 0 Å². The van der Waals surface area contributed by atoms with Crippen molar-refractivity contribution in [3.8, 4) is 0 Å². The summed E-state index contributed by atoms with van der Waals surface area (Å²) in [6.07, 6.45) is -2.11. The molecular formula is C7H15F2N. The minimum Gasteiger partial charge on any atom is -0.305 e. The molecule has 0 aromatic carbocycles. The summed E-state index contributed by atoms with van der Waals surface area (Å²) in [7, 11) is 1.85. The predicted molar refractivity (Wildman–Crippen MR) is 38.3 cm³/mol. The summed E-state index contributed by atoms with van der Waals surface area (Å²) in [5.74, 6) is -0.347. The molecule has 0 atom stereocenters. The van der Waals surface area contributed by atoms with Crippen LogP contribution in [-0.2, 0) is 0 Å². The van der Waals surface area contributed by atoms with Crippen LogP contribution in [-0.4, -0.2) is 31.5 Å². The predicted octanol–water partition coefficient (Wildman–Crippen LogP) is 1.84. The first-order valence-corrected chi connectivity index (χ1v) is 3.67. The Morgan fingerprint density at radius 1 is 1.30 bits per heavy atom. The standard InChI is InChI=1S/C5H9F2N.C2H6/c1-8-2-4(3-8)5(6)7;1-2/h4-5H,2-3H2,1H3;1-2H3. The van der Waals surface area contributed by atoms with Crippen molar-refractivity contribution >= 4 is 0 Å². The van der Waals surface area contributed by atoms with Crippen molar-refractivity contribution in [2.24, 2.45) is 5.92 Å². The maximum Gasteiger partial charge on any atom is 0.243 e. The second-order valence-corrected chi connectivity index (χ2v) is 2.32. The van der Waals surface area contributed by atoms with Gasteiger partial charge in [-0.25, -0.2) is 8.78 Å². The van der Waals surface area contributed by atoms with Crippen LogP contribution in [0.2, 0.25) is 0 Å². The minimum atomic E-state index is -2.11. The van der Waals surface area contributed by atoms with Crippen LogP contribution in [0.15, 0.2) is 0 Å². The number of hydrogen-bond donors (Lipinski definition) is 0. The lowest BCUT2D eigenvalue weighted by Crippen LogP contribution is -2.47. The molecule has 1 saturated heterocycles. The van der Waals surface area contributed by atoms with Gasteiger partial charge in [0.15, 0.2) is 0 Å². The summed E-state index contributed by atoms with van der Waals surface area (Å²) in [5.41, 5.74) is 0. The summed E-state index contributed by atoms with van der Waals surface area (Å²) in [4.78, 5) is 1.89. The van der Waals surface area contributed by atoms with Crippen molar-refractivity contribution in [3.05, 3.63) is 0 Å². The number of hydrogen-bond acceptors (Lipinski definition) is 1. The second kappa shape index (κ2) is 4.61. The van der Waals surface area contributed by atoms with Gasteiger partial charge in [0.05, 0.1) is 0 Å². The molecule has 10 heavy (non-hydrogen) atoms. The topological polar surface area (TPSA) is 3.24 Å². The zero-order chi connectivity index (χ0) is 8.15. The van der Waals surface area contributed by atoms with Gasteiger partial charge in [0.1, 0.15) is 0 Å². The first-order valence-electron chi connectivity index (χ1n) is 3.67. The Balaban J connectivity index is 0.000000371. The van der Waals surface area contributed by atoms with Gasteiger partial charge in [-0.3, -0.25) is 0 Å². The van der Waals surface area contributed by atoms with Crippen LogP contribution in [0, 0.1) is 5.92 Å². The third-order valence-electron chi connectivity index (χ3n) is 1.45. The van der Waals surface area contributed by atoms with Crippen molar-refractivity contribution in [1.29, 1.82) is 0 Å². The Bertz CT molecular complexity index is 79.7. The molecule has 0 unspecified atom stereocenters. The van der Waals surface area contributed by atoms with Crippen molar-refractivity contribution in [2.75, 3.05) is 20.1 Å². The van der Waals surface area contributed by atoms with E-state index in [1.54, 1.807) is 0 Å². The molecule has 1 rings (SSSR count). The van der Waals surface area contributed by atoms with Gasteiger partial charge in [-0.05, 0) is 7.05 Å². The average molecular weight is 151 g/mol. The fourth-order valence-corrected chi connectivity index (χ4v) is 0.907. The molecule has 1 nitrogen and oxygen atoms in total. The summed E-state index contributed by atoms with van der Waals surface area (Å²) in [5, 5.41) is 0. The highest BCUT2D eigenvalue weighted by molar-refractivity contribution is 4.77. The first-order chi connectivity index (χ1) is 4.70. The molecule has 0 aliphatic carbocycles. The molecular weight excluding hydrogens is 136 g/mol. The number of rotatable bonds is 1. The highest BCUT2D eigenvalue weighted by Crippen LogP contribution is 2.19. The highest BCUT2D eigenvalue weighted by Gasteiger charge is 2.30. The van der Waals surface area contributed by atoms with E-state index in [0.717, 1.165) is 0 Å². The maximum atomic E-state index is 11.6. The lowest BCUT2D eigenvalue weighted by Gasteiger charge is -2.35.